The molecule has 0 aliphatic rings. The van der Waals surface area contributed by atoms with Gasteiger partial charge in [-0.15, -0.1) is 5.10 Å². The molecule has 1 heterocycles. The highest BCUT2D eigenvalue weighted by atomic mass is 16.5. The van der Waals surface area contributed by atoms with Crippen molar-refractivity contribution in [3.63, 3.8) is 0 Å². The first kappa shape index (κ1) is 17.5. The highest BCUT2D eigenvalue weighted by molar-refractivity contribution is 5.66. The van der Waals surface area contributed by atoms with Crippen LogP contribution in [0.5, 0.6) is 11.5 Å². The van der Waals surface area contributed by atoms with Crippen LogP contribution in [0.15, 0.2) is 48.7 Å². The van der Waals surface area contributed by atoms with E-state index in [1.807, 2.05) is 30.3 Å². The van der Waals surface area contributed by atoms with Crippen molar-refractivity contribution in [2.45, 2.75) is 13.3 Å². The predicted molar refractivity (Wildman–Crippen MR) is 102 cm³/mol. The number of rotatable bonds is 7. The van der Waals surface area contributed by atoms with E-state index in [1.54, 1.807) is 26.5 Å². The van der Waals surface area contributed by atoms with E-state index >= 15 is 0 Å². The number of methoxy groups -OCH3 is 2. The van der Waals surface area contributed by atoms with Crippen LogP contribution in [0.4, 0.5) is 23.1 Å². The molecule has 1 aromatic heterocycles. The molecule has 134 valence electrons. The fraction of sp³-hybridized carbons (Fsp3) is 0.211. The van der Waals surface area contributed by atoms with Gasteiger partial charge in [0.05, 0.1) is 26.1 Å². The van der Waals surface area contributed by atoms with Crippen LogP contribution in [-0.4, -0.2) is 29.4 Å². The quantitative estimate of drug-likeness (QED) is 0.667. The van der Waals surface area contributed by atoms with Gasteiger partial charge in [-0.1, -0.05) is 25.1 Å². The highest BCUT2D eigenvalue weighted by Gasteiger charge is 2.08. The molecule has 0 spiro atoms. The fourth-order valence-corrected chi connectivity index (χ4v) is 2.53. The Bertz CT molecular complexity index is 885. The summed E-state index contributed by atoms with van der Waals surface area (Å²) in [6, 6.07) is 13.5. The third kappa shape index (κ3) is 4.00. The van der Waals surface area contributed by atoms with Crippen molar-refractivity contribution in [1.29, 1.82) is 0 Å². The minimum Gasteiger partial charge on any atom is -0.497 e. The topological polar surface area (TPSA) is 81.2 Å². The fourth-order valence-electron chi connectivity index (χ4n) is 2.53. The van der Waals surface area contributed by atoms with E-state index < -0.39 is 0 Å². The predicted octanol–water partition coefficient (Wildman–Crippen LogP) is 3.94. The molecule has 0 radical (unpaired) electrons. The number of hydrogen-bond acceptors (Lipinski definition) is 7. The van der Waals surface area contributed by atoms with E-state index in [1.165, 1.54) is 5.56 Å². The number of aromatic nitrogens is 3. The molecule has 7 heteroatoms. The van der Waals surface area contributed by atoms with Crippen molar-refractivity contribution < 1.29 is 9.47 Å². The second-order valence-electron chi connectivity index (χ2n) is 5.49. The standard InChI is InChI=1S/C19H21N5O2/c1-4-13-7-5-6-8-15(13)22-19-23-18(12-20-24-19)21-16-10-9-14(25-2)11-17(16)26-3/h5-12H,4H2,1-3H3,(H2,21,22,23,24). The zero-order valence-corrected chi connectivity index (χ0v) is 15.0. The van der Waals surface area contributed by atoms with Gasteiger partial charge in [-0.25, -0.2) is 0 Å². The molecule has 0 amide bonds. The van der Waals surface area contributed by atoms with Crippen LogP contribution in [0.25, 0.3) is 0 Å². The Balaban J connectivity index is 1.82. The monoisotopic (exact) mass is 351 g/mol. The molecule has 0 atom stereocenters. The zero-order chi connectivity index (χ0) is 18.4. The number of anilines is 4. The third-order valence-corrected chi connectivity index (χ3v) is 3.88. The molecule has 7 nitrogen and oxygen atoms in total. The molecule has 2 N–H and O–H groups in total. The van der Waals surface area contributed by atoms with Crippen LogP contribution in [0, 0.1) is 0 Å². The smallest absolute Gasteiger partial charge is 0.249 e. The van der Waals surface area contributed by atoms with E-state index in [2.05, 4.69) is 38.8 Å². The number of nitrogens with zero attached hydrogens (tertiary/aromatic N) is 3. The summed E-state index contributed by atoms with van der Waals surface area (Å²) in [5, 5.41) is 14.5. The number of aryl methyl sites for hydroxylation is 1. The number of para-hydroxylation sites is 1. The first-order valence-corrected chi connectivity index (χ1v) is 8.27. The molecule has 2 aromatic carbocycles. The Morgan fingerprint density at radius 2 is 1.81 bits per heavy atom. The van der Waals surface area contributed by atoms with Gasteiger partial charge in [0, 0.05) is 11.8 Å². The summed E-state index contributed by atoms with van der Waals surface area (Å²) in [4.78, 5) is 4.47. The lowest BCUT2D eigenvalue weighted by Gasteiger charge is -2.13. The zero-order valence-electron chi connectivity index (χ0n) is 15.0. The Kier molecular flexibility index (Phi) is 5.48. The van der Waals surface area contributed by atoms with Gasteiger partial charge in [0.15, 0.2) is 5.82 Å². The first-order chi connectivity index (χ1) is 12.7. The van der Waals surface area contributed by atoms with Crippen LogP contribution in [0.2, 0.25) is 0 Å². The second kappa shape index (κ2) is 8.15. The van der Waals surface area contributed by atoms with E-state index in [0.717, 1.165) is 17.8 Å². The van der Waals surface area contributed by atoms with Crippen LogP contribution in [0.3, 0.4) is 0 Å². The van der Waals surface area contributed by atoms with Crippen molar-refractivity contribution in [1.82, 2.24) is 15.2 Å². The average molecular weight is 351 g/mol. The molecule has 0 aliphatic carbocycles. The van der Waals surface area contributed by atoms with Crippen LogP contribution in [-0.2, 0) is 6.42 Å². The molecule has 0 aliphatic heterocycles. The maximum Gasteiger partial charge on any atom is 0.249 e. The molecule has 0 saturated carbocycles. The number of ether oxygens (including phenoxy) is 2. The lowest BCUT2D eigenvalue weighted by Crippen LogP contribution is -2.04. The van der Waals surface area contributed by atoms with Crippen molar-refractivity contribution in [2.24, 2.45) is 0 Å². The average Bonchev–Trinajstić information content (AvgIpc) is 2.69. The molecule has 0 saturated heterocycles. The number of hydrogen-bond donors (Lipinski definition) is 2. The minimum atomic E-state index is 0.420. The lowest BCUT2D eigenvalue weighted by molar-refractivity contribution is 0.395. The summed E-state index contributed by atoms with van der Waals surface area (Å²) in [7, 11) is 3.22. The van der Waals surface area contributed by atoms with Crippen molar-refractivity contribution in [3.05, 3.63) is 54.2 Å². The summed E-state index contributed by atoms with van der Waals surface area (Å²) in [5.41, 5.74) is 2.91. The Hall–Kier alpha value is -3.35. The van der Waals surface area contributed by atoms with Crippen LogP contribution >= 0.6 is 0 Å². The lowest BCUT2D eigenvalue weighted by atomic mass is 10.1. The molecule has 0 unspecified atom stereocenters. The van der Waals surface area contributed by atoms with Crippen molar-refractivity contribution >= 4 is 23.1 Å². The molecular formula is C19H21N5O2. The molecule has 3 aromatic rings. The first-order valence-electron chi connectivity index (χ1n) is 8.27. The summed E-state index contributed by atoms with van der Waals surface area (Å²) < 4.78 is 10.6. The van der Waals surface area contributed by atoms with E-state index in [9.17, 15) is 0 Å². The molecular weight excluding hydrogens is 330 g/mol. The van der Waals surface area contributed by atoms with Gasteiger partial charge in [0.2, 0.25) is 5.95 Å². The Morgan fingerprint density at radius 3 is 2.58 bits per heavy atom. The maximum atomic E-state index is 5.39. The van der Waals surface area contributed by atoms with Crippen LogP contribution < -0.4 is 20.1 Å². The van der Waals surface area contributed by atoms with Crippen molar-refractivity contribution in [2.75, 3.05) is 24.9 Å². The number of nitrogens with one attached hydrogen (secondary N) is 2. The third-order valence-electron chi connectivity index (χ3n) is 3.88. The molecule has 3 rings (SSSR count). The van der Waals surface area contributed by atoms with Crippen LogP contribution in [0.1, 0.15) is 12.5 Å². The summed E-state index contributed by atoms with van der Waals surface area (Å²) >= 11 is 0. The summed E-state index contributed by atoms with van der Waals surface area (Å²) in [6.07, 6.45) is 2.47. The van der Waals surface area contributed by atoms with Gasteiger partial charge in [-0.2, -0.15) is 10.1 Å². The maximum absolute atomic E-state index is 5.39. The largest absolute Gasteiger partial charge is 0.497 e. The number of benzene rings is 2. The van der Waals surface area contributed by atoms with E-state index in [0.29, 0.717) is 23.3 Å². The van der Waals surface area contributed by atoms with Gasteiger partial charge in [0.1, 0.15) is 11.5 Å². The van der Waals surface area contributed by atoms with Gasteiger partial charge in [0.25, 0.3) is 0 Å². The summed E-state index contributed by atoms with van der Waals surface area (Å²) in [6.45, 7) is 2.10. The molecule has 26 heavy (non-hydrogen) atoms. The van der Waals surface area contributed by atoms with E-state index in [4.69, 9.17) is 9.47 Å². The van der Waals surface area contributed by atoms with Gasteiger partial charge in [-0.3, -0.25) is 0 Å². The molecule has 0 bridgehead atoms. The van der Waals surface area contributed by atoms with Gasteiger partial charge >= 0.3 is 0 Å². The summed E-state index contributed by atoms with van der Waals surface area (Å²) in [5.74, 6) is 2.34. The van der Waals surface area contributed by atoms with Gasteiger partial charge in [-0.05, 0) is 30.2 Å². The minimum absolute atomic E-state index is 0.420. The SMILES string of the molecule is CCc1ccccc1Nc1nncc(Nc2ccc(OC)cc2OC)n1. The normalized spacial score (nSPS) is 10.3. The van der Waals surface area contributed by atoms with Crippen molar-refractivity contribution in [3.8, 4) is 11.5 Å². The van der Waals surface area contributed by atoms with Gasteiger partial charge < -0.3 is 20.1 Å². The highest BCUT2D eigenvalue weighted by Crippen LogP contribution is 2.31. The Morgan fingerprint density at radius 1 is 0.962 bits per heavy atom. The second-order valence-corrected chi connectivity index (χ2v) is 5.49. The Labute approximate surface area is 152 Å². The van der Waals surface area contributed by atoms with E-state index in [-0.39, 0.29) is 0 Å². The molecule has 0 fully saturated rings.